The Hall–Kier alpha value is -1.59. The van der Waals surface area contributed by atoms with Gasteiger partial charge in [-0.15, -0.1) is 0 Å². The molecule has 1 aromatic carbocycles. The van der Waals surface area contributed by atoms with Crippen molar-refractivity contribution in [2.24, 2.45) is 5.92 Å². The van der Waals surface area contributed by atoms with Crippen LogP contribution in [0.4, 0.5) is 4.79 Å². The maximum atomic E-state index is 11.8. The Bertz CT molecular complexity index is 463. The highest BCUT2D eigenvalue weighted by Crippen LogP contribution is 2.16. The minimum absolute atomic E-state index is 0.0747. The molecule has 0 unspecified atom stereocenters. The second-order valence-electron chi connectivity index (χ2n) is 6.06. The van der Waals surface area contributed by atoms with Crippen LogP contribution >= 0.6 is 0 Å². The molecule has 2 atom stereocenters. The summed E-state index contributed by atoms with van der Waals surface area (Å²) >= 11 is 0. The summed E-state index contributed by atoms with van der Waals surface area (Å²) in [5.41, 5.74) is 1.84. The fourth-order valence-electron chi connectivity index (χ4n) is 2.06. The Morgan fingerprint density at radius 3 is 2.55 bits per heavy atom. The largest absolute Gasteiger partial charge is 0.387 e. The lowest BCUT2D eigenvalue weighted by molar-refractivity contribution is 0.0951. The van der Waals surface area contributed by atoms with Crippen LogP contribution in [0.1, 0.15) is 38.0 Å². The van der Waals surface area contributed by atoms with Gasteiger partial charge in [0.2, 0.25) is 0 Å². The Morgan fingerprint density at radius 1 is 1.23 bits per heavy atom. The number of benzene rings is 1. The number of hydrogen-bond acceptors (Lipinski definition) is 3. The first kappa shape index (κ1) is 18.5. The third kappa shape index (κ3) is 6.91. The van der Waals surface area contributed by atoms with Gasteiger partial charge in [0.25, 0.3) is 0 Å². The number of urea groups is 1. The highest BCUT2D eigenvalue weighted by molar-refractivity contribution is 5.74. The number of aliphatic hydroxyl groups is 1. The smallest absolute Gasteiger partial charge is 0.315 e. The van der Waals surface area contributed by atoms with Crippen molar-refractivity contribution in [2.75, 3.05) is 19.8 Å². The molecule has 5 nitrogen and oxygen atoms in total. The SMILES string of the molecule is Cc1ccccc1[C@@H](O)CNC(=O)N[C@@H](C)COCC(C)C. The lowest BCUT2D eigenvalue weighted by Crippen LogP contribution is -2.44. The zero-order valence-electron chi connectivity index (χ0n) is 13.9. The summed E-state index contributed by atoms with van der Waals surface area (Å²) in [5.74, 6) is 0.477. The molecule has 0 radical (unpaired) electrons. The monoisotopic (exact) mass is 308 g/mol. The van der Waals surface area contributed by atoms with E-state index in [2.05, 4.69) is 24.5 Å². The van der Waals surface area contributed by atoms with E-state index in [0.29, 0.717) is 19.1 Å². The number of aliphatic hydroxyl groups excluding tert-OH is 1. The van der Waals surface area contributed by atoms with Crippen molar-refractivity contribution in [3.8, 4) is 0 Å². The van der Waals surface area contributed by atoms with Crippen LogP contribution in [0.5, 0.6) is 0 Å². The number of hydrogen-bond donors (Lipinski definition) is 3. The maximum absolute atomic E-state index is 11.8. The summed E-state index contributed by atoms with van der Waals surface area (Å²) in [6.07, 6.45) is -0.709. The number of rotatable bonds is 8. The molecule has 0 heterocycles. The van der Waals surface area contributed by atoms with Gasteiger partial charge in [0, 0.05) is 13.2 Å². The summed E-state index contributed by atoms with van der Waals surface area (Å²) in [7, 11) is 0. The van der Waals surface area contributed by atoms with Crippen LogP contribution in [0, 0.1) is 12.8 Å². The van der Waals surface area contributed by atoms with Crippen LogP contribution in [-0.4, -0.2) is 36.9 Å². The van der Waals surface area contributed by atoms with Gasteiger partial charge in [0.1, 0.15) is 0 Å². The Morgan fingerprint density at radius 2 is 1.91 bits per heavy atom. The minimum atomic E-state index is -0.709. The molecule has 0 bridgehead atoms. The molecule has 0 aromatic heterocycles. The fourth-order valence-corrected chi connectivity index (χ4v) is 2.06. The number of aryl methyl sites for hydroxylation is 1. The van der Waals surface area contributed by atoms with E-state index >= 15 is 0 Å². The molecule has 0 saturated heterocycles. The molecular formula is C17H28N2O3. The lowest BCUT2D eigenvalue weighted by Gasteiger charge is -2.18. The number of ether oxygens (including phenoxy) is 1. The van der Waals surface area contributed by atoms with Crippen LogP contribution in [0.2, 0.25) is 0 Å². The molecule has 0 fully saturated rings. The van der Waals surface area contributed by atoms with E-state index in [1.165, 1.54) is 0 Å². The molecule has 1 rings (SSSR count). The number of carbonyl (C=O) groups excluding carboxylic acids is 1. The van der Waals surface area contributed by atoms with Gasteiger partial charge in [-0.2, -0.15) is 0 Å². The number of amides is 2. The molecule has 0 aliphatic carbocycles. The van der Waals surface area contributed by atoms with Crippen LogP contribution < -0.4 is 10.6 Å². The van der Waals surface area contributed by atoms with E-state index in [9.17, 15) is 9.90 Å². The molecule has 3 N–H and O–H groups in total. The Kier molecular flexibility index (Phi) is 7.91. The first-order valence-electron chi connectivity index (χ1n) is 7.75. The first-order chi connectivity index (χ1) is 10.4. The molecule has 2 amide bonds. The average Bonchev–Trinajstić information content (AvgIpc) is 2.44. The van der Waals surface area contributed by atoms with Gasteiger partial charge in [0.15, 0.2) is 0 Å². The summed E-state index contributed by atoms with van der Waals surface area (Å²) in [4.78, 5) is 11.8. The van der Waals surface area contributed by atoms with Crippen LogP contribution in [0.15, 0.2) is 24.3 Å². The van der Waals surface area contributed by atoms with Crippen LogP contribution in [0.3, 0.4) is 0 Å². The van der Waals surface area contributed by atoms with E-state index in [-0.39, 0.29) is 18.6 Å². The van der Waals surface area contributed by atoms with Gasteiger partial charge in [-0.05, 0) is 30.9 Å². The molecule has 0 spiro atoms. The van der Waals surface area contributed by atoms with E-state index in [4.69, 9.17) is 4.74 Å². The molecular weight excluding hydrogens is 280 g/mol. The molecule has 22 heavy (non-hydrogen) atoms. The number of carbonyl (C=O) groups is 1. The van der Waals surface area contributed by atoms with Gasteiger partial charge in [0.05, 0.1) is 18.8 Å². The van der Waals surface area contributed by atoms with E-state index < -0.39 is 6.10 Å². The summed E-state index contributed by atoms with van der Waals surface area (Å²) in [5, 5.41) is 15.6. The highest BCUT2D eigenvalue weighted by Gasteiger charge is 2.12. The van der Waals surface area contributed by atoms with Gasteiger partial charge >= 0.3 is 6.03 Å². The summed E-state index contributed by atoms with van der Waals surface area (Å²) in [6.45, 7) is 9.32. The van der Waals surface area contributed by atoms with Crippen molar-refractivity contribution >= 4 is 6.03 Å². The van der Waals surface area contributed by atoms with Gasteiger partial charge in [-0.25, -0.2) is 4.79 Å². The Labute approximate surface area is 133 Å². The second-order valence-corrected chi connectivity index (χ2v) is 6.06. The molecule has 0 aliphatic rings. The van der Waals surface area contributed by atoms with Crippen molar-refractivity contribution in [3.05, 3.63) is 35.4 Å². The van der Waals surface area contributed by atoms with Crippen molar-refractivity contribution in [2.45, 2.75) is 39.8 Å². The molecule has 0 saturated carbocycles. The quantitative estimate of drug-likeness (QED) is 0.690. The third-order valence-corrected chi connectivity index (χ3v) is 3.20. The summed E-state index contributed by atoms with van der Waals surface area (Å²) in [6, 6.07) is 7.22. The van der Waals surface area contributed by atoms with Crippen LogP contribution in [-0.2, 0) is 4.74 Å². The summed E-state index contributed by atoms with van der Waals surface area (Å²) < 4.78 is 5.48. The standard InChI is InChI=1S/C17H28N2O3/c1-12(2)10-22-11-14(4)19-17(21)18-9-16(20)15-8-6-5-7-13(15)3/h5-8,12,14,16,20H,9-11H2,1-4H3,(H2,18,19,21)/t14-,16-/m0/s1. The van der Waals surface area contributed by atoms with Crippen molar-refractivity contribution < 1.29 is 14.6 Å². The molecule has 0 aliphatic heterocycles. The van der Waals surface area contributed by atoms with Crippen LogP contribution in [0.25, 0.3) is 0 Å². The Balaban J connectivity index is 2.29. The highest BCUT2D eigenvalue weighted by atomic mass is 16.5. The van der Waals surface area contributed by atoms with Gasteiger partial charge < -0.3 is 20.5 Å². The van der Waals surface area contributed by atoms with E-state index in [0.717, 1.165) is 11.1 Å². The normalized spacial score (nSPS) is 13.7. The lowest BCUT2D eigenvalue weighted by atomic mass is 10.0. The minimum Gasteiger partial charge on any atom is -0.387 e. The fraction of sp³-hybridized carbons (Fsp3) is 0.588. The van der Waals surface area contributed by atoms with Gasteiger partial charge in [-0.1, -0.05) is 38.1 Å². The van der Waals surface area contributed by atoms with Crippen molar-refractivity contribution in [1.82, 2.24) is 10.6 Å². The average molecular weight is 308 g/mol. The first-order valence-corrected chi connectivity index (χ1v) is 7.75. The van der Waals surface area contributed by atoms with Crippen molar-refractivity contribution in [1.29, 1.82) is 0 Å². The van der Waals surface area contributed by atoms with Gasteiger partial charge in [-0.3, -0.25) is 0 Å². The molecule has 5 heteroatoms. The maximum Gasteiger partial charge on any atom is 0.315 e. The molecule has 124 valence electrons. The number of nitrogens with one attached hydrogen (secondary N) is 2. The predicted molar refractivity (Wildman–Crippen MR) is 87.8 cm³/mol. The predicted octanol–water partition coefficient (Wildman–Crippen LogP) is 2.39. The zero-order valence-corrected chi connectivity index (χ0v) is 13.9. The van der Waals surface area contributed by atoms with E-state index in [1.807, 2.05) is 38.1 Å². The van der Waals surface area contributed by atoms with Crippen molar-refractivity contribution in [3.63, 3.8) is 0 Å². The zero-order chi connectivity index (χ0) is 16.5. The second kappa shape index (κ2) is 9.43. The van der Waals surface area contributed by atoms with E-state index in [1.54, 1.807) is 0 Å². The third-order valence-electron chi connectivity index (χ3n) is 3.20. The molecule has 1 aromatic rings. The topological polar surface area (TPSA) is 70.6 Å².